The summed E-state index contributed by atoms with van der Waals surface area (Å²) in [6, 6.07) is 11.4. The number of hydrogen-bond acceptors (Lipinski definition) is 3. The molecule has 0 saturated heterocycles. The third kappa shape index (κ3) is 3.47. The first-order valence-electron chi connectivity index (χ1n) is 6.08. The minimum absolute atomic E-state index is 0.373. The van der Waals surface area contributed by atoms with E-state index in [1.54, 1.807) is 13.2 Å². The summed E-state index contributed by atoms with van der Waals surface area (Å²) in [7, 11) is 1.59. The maximum absolute atomic E-state index is 5.86. The summed E-state index contributed by atoms with van der Waals surface area (Å²) >= 11 is 3.48. The normalized spacial score (nSPS) is 10.6. The molecule has 0 aliphatic carbocycles. The molecule has 0 radical (unpaired) electrons. The fourth-order valence-electron chi connectivity index (χ4n) is 1.74. The van der Waals surface area contributed by atoms with Crippen LogP contribution in [0.15, 0.2) is 40.9 Å². The summed E-state index contributed by atoms with van der Waals surface area (Å²) in [6.45, 7) is 4.27. The molecule has 1 heterocycles. The van der Waals surface area contributed by atoms with Gasteiger partial charge in [-0.2, -0.15) is 4.98 Å². The predicted molar refractivity (Wildman–Crippen MR) is 79.1 cm³/mol. The lowest BCUT2D eigenvalue weighted by molar-refractivity contribution is 0.382. The highest BCUT2D eigenvalue weighted by atomic mass is 79.9. The van der Waals surface area contributed by atoms with Crippen molar-refractivity contribution in [2.24, 2.45) is 0 Å². The summed E-state index contributed by atoms with van der Waals surface area (Å²) in [4.78, 5) is 4.25. The van der Waals surface area contributed by atoms with Crippen LogP contribution in [0.1, 0.15) is 25.3 Å². The average molecular weight is 322 g/mol. The molecule has 2 rings (SSSR count). The molecule has 1 aromatic heterocycles. The van der Waals surface area contributed by atoms with Gasteiger partial charge in [0.25, 0.3) is 0 Å². The standard InChI is InChI=1S/C15H16BrNO2/c1-10(2)12-9-11(16)7-8-13(12)19-15-6-4-5-14(17-15)18-3/h4-10H,1-3H3. The molecule has 100 valence electrons. The topological polar surface area (TPSA) is 31.4 Å². The van der Waals surface area contributed by atoms with Gasteiger partial charge in [0.2, 0.25) is 11.8 Å². The van der Waals surface area contributed by atoms with Crippen LogP contribution in [-0.4, -0.2) is 12.1 Å². The molecular weight excluding hydrogens is 306 g/mol. The van der Waals surface area contributed by atoms with Crippen LogP contribution in [0.2, 0.25) is 0 Å². The monoisotopic (exact) mass is 321 g/mol. The van der Waals surface area contributed by atoms with Crippen molar-refractivity contribution in [1.82, 2.24) is 4.98 Å². The molecule has 0 fully saturated rings. The number of pyridine rings is 1. The third-order valence-electron chi connectivity index (χ3n) is 2.72. The molecule has 0 amide bonds. The van der Waals surface area contributed by atoms with E-state index in [9.17, 15) is 0 Å². The third-order valence-corrected chi connectivity index (χ3v) is 3.21. The molecule has 0 bridgehead atoms. The fraction of sp³-hybridized carbons (Fsp3) is 0.267. The van der Waals surface area contributed by atoms with Crippen LogP contribution in [0.5, 0.6) is 17.5 Å². The van der Waals surface area contributed by atoms with E-state index in [1.807, 2.05) is 24.3 Å². The van der Waals surface area contributed by atoms with E-state index in [0.717, 1.165) is 15.8 Å². The SMILES string of the molecule is COc1cccc(Oc2ccc(Br)cc2C(C)C)n1. The Bertz CT molecular complexity index is 570. The van der Waals surface area contributed by atoms with Crippen LogP contribution in [0.25, 0.3) is 0 Å². The lowest BCUT2D eigenvalue weighted by Crippen LogP contribution is -1.96. The molecule has 0 spiro atoms. The maximum Gasteiger partial charge on any atom is 0.222 e. The predicted octanol–water partition coefficient (Wildman–Crippen LogP) is 4.77. The molecule has 3 nitrogen and oxygen atoms in total. The molecule has 0 saturated carbocycles. The van der Waals surface area contributed by atoms with Gasteiger partial charge in [-0.05, 0) is 29.7 Å². The molecule has 0 atom stereocenters. The van der Waals surface area contributed by atoms with Gasteiger partial charge in [-0.3, -0.25) is 0 Å². The summed E-state index contributed by atoms with van der Waals surface area (Å²) in [5.74, 6) is 2.27. The van der Waals surface area contributed by atoms with Crippen molar-refractivity contribution in [3.8, 4) is 17.5 Å². The Hall–Kier alpha value is -1.55. The summed E-state index contributed by atoms with van der Waals surface area (Å²) < 4.78 is 12.0. The van der Waals surface area contributed by atoms with E-state index in [1.165, 1.54) is 0 Å². The summed E-state index contributed by atoms with van der Waals surface area (Å²) in [5, 5.41) is 0. The van der Waals surface area contributed by atoms with E-state index in [2.05, 4.69) is 40.8 Å². The lowest BCUT2D eigenvalue weighted by Gasteiger charge is -2.14. The summed E-state index contributed by atoms with van der Waals surface area (Å²) in [6.07, 6.45) is 0. The molecule has 2 aromatic rings. The van der Waals surface area contributed by atoms with Crippen molar-refractivity contribution in [2.45, 2.75) is 19.8 Å². The zero-order valence-electron chi connectivity index (χ0n) is 11.2. The van der Waals surface area contributed by atoms with Gasteiger partial charge in [-0.1, -0.05) is 35.8 Å². The molecule has 0 aliphatic heterocycles. The fourth-order valence-corrected chi connectivity index (χ4v) is 2.12. The van der Waals surface area contributed by atoms with Gasteiger partial charge in [0.05, 0.1) is 7.11 Å². The second-order valence-electron chi connectivity index (χ2n) is 4.46. The van der Waals surface area contributed by atoms with Crippen LogP contribution in [-0.2, 0) is 0 Å². The van der Waals surface area contributed by atoms with Crippen LogP contribution in [0, 0.1) is 0 Å². The van der Waals surface area contributed by atoms with Crippen molar-refractivity contribution >= 4 is 15.9 Å². The Morgan fingerprint density at radius 2 is 1.84 bits per heavy atom. The maximum atomic E-state index is 5.86. The van der Waals surface area contributed by atoms with Crippen molar-refractivity contribution in [2.75, 3.05) is 7.11 Å². The number of hydrogen-bond donors (Lipinski definition) is 0. The average Bonchev–Trinajstić information content (AvgIpc) is 2.41. The van der Waals surface area contributed by atoms with E-state index in [-0.39, 0.29) is 0 Å². The molecule has 0 N–H and O–H groups in total. The van der Waals surface area contributed by atoms with Crippen molar-refractivity contribution in [3.63, 3.8) is 0 Å². The van der Waals surface area contributed by atoms with Crippen LogP contribution < -0.4 is 9.47 Å². The highest BCUT2D eigenvalue weighted by Gasteiger charge is 2.10. The number of ether oxygens (including phenoxy) is 2. The molecule has 0 aliphatic rings. The van der Waals surface area contributed by atoms with Gasteiger partial charge in [0, 0.05) is 16.6 Å². The second-order valence-corrected chi connectivity index (χ2v) is 5.37. The van der Waals surface area contributed by atoms with Crippen LogP contribution in [0.3, 0.4) is 0 Å². The van der Waals surface area contributed by atoms with Crippen molar-refractivity contribution in [3.05, 3.63) is 46.4 Å². The largest absolute Gasteiger partial charge is 0.481 e. The van der Waals surface area contributed by atoms with Gasteiger partial charge in [0.1, 0.15) is 5.75 Å². The number of benzene rings is 1. The van der Waals surface area contributed by atoms with Gasteiger partial charge >= 0.3 is 0 Å². The minimum atomic E-state index is 0.373. The Labute approximate surface area is 121 Å². The van der Waals surface area contributed by atoms with Gasteiger partial charge < -0.3 is 9.47 Å². The first kappa shape index (κ1) is 13.9. The van der Waals surface area contributed by atoms with Crippen LogP contribution in [0.4, 0.5) is 0 Å². The Morgan fingerprint density at radius 3 is 2.53 bits per heavy atom. The van der Waals surface area contributed by atoms with Crippen LogP contribution >= 0.6 is 15.9 Å². The molecule has 1 aromatic carbocycles. The Balaban J connectivity index is 2.32. The zero-order valence-corrected chi connectivity index (χ0v) is 12.8. The highest BCUT2D eigenvalue weighted by Crippen LogP contribution is 2.32. The highest BCUT2D eigenvalue weighted by molar-refractivity contribution is 9.10. The van der Waals surface area contributed by atoms with E-state index < -0.39 is 0 Å². The van der Waals surface area contributed by atoms with E-state index in [0.29, 0.717) is 17.7 Å². The Kier molecular flexibility index (Phi) is 4.43. The lowest BCUT2D eigenvalue weighted by atomic mass is 10.0. The number of rotatable bonds is 4. The number of methoxy groups -OCH3 is 1. The number of aromatic nitrogens is 1. The zero-order chi connectivity index (χ0) is 13.8. The first-order chi connectivity index (χ1) is 9.10. The molecule has 19 heavy (non-hydrogen) atoms. The number of halogens is 1. The Morgan fingerprint density at radius 1 is 1.11 bits per heavy atom. The van der Waals surface area contributed by atoms with E-state index >= 15 is 0 Å². The smallest absolute Gasteiger partial charge is 0.222 e. The molecule has 4 heteroatoms. The second kappa shape index (κ2) is 6.06. The van der Waals surface area contributed by atoms with Crippen molar-refractivity contribution < 1.29 is 9.47 Å². The van der Waals surface area contributed by atoms with Gasteiger partial charge in [-0.15, -0.1) is 0 Å². The van der Waals surface area contributed by atoms with Crippen molar-refractivity contribution in [1.29, 1.82) is 0 Å². The van der Waals surface area contributed by atoms with Gasteiger partial charge in [0.15, 0.2) is 0 Å². The molecule has 0 unspecified atom stereocenters. The number of nitrogens with zero attached hydrogens (tertiary/aromatic N) is 1. The van der Waals surface area contributed by atoms with Gasteiger partial charge in [-0.25, -0.2) is 0 Å². The quantitative estimate of drug-likeness (QED) is 0.812. The first-order valence-corrected chi connectivity index (χ1v) is 6.88. The minimum Gasteiger partial charge on any atom is -0.481 e. The van der Waals surface area contributed by atoms with E-state index in [4.69, 9.17) is 9.47 Å². The summed E-state index contributed by atoms with van der Waals surface area (Å²) in [5.41, 5.74) is 1.14. The molecular formula is C15H16BrNO2.